The van der Waals surface area contributed by atoms with Gasteiger partial charge in [-0.1, -0.05) is 36.7 Å². The molecule has 0 saturated carbocycles. The number of nitro benzene ring substituents is 1. The number of carbonyl (C=O) groups is 1. The number of aromatic nitrogens is 1. The van der Waals surface area contributed by atoms with E-state index in [1.807, 2.05) is 23.2 Å². The van der Waals surface area contributed by atoms with Crippen molar-refractivity contribution >= 4 is 34.1 Å². The van der Waals surface area contributed by atoms with Gasteiger partial charge in [-0.05, 0) is 30.3 Å². The van der Waals surface area contributed by atoms with Crippen LogP contribution in [0.15, 0.2) is 48.7 Å². The van der Waals surface area contributed by atoms with E-state index in [4.69, 9.17) is 11.6 Å². The van der Waals surface area contributed by atoms with Crippen LogP contribution in [-0.2, 0) is 4.79 Å². The fourth-order valence-corrected chi connectivity index (χ4v) is 4.53. The third kappa shape index (κ3) is 4.43. The second-order valence-corrected chi connectivity index (χ2v) is 8.26. The highest BCUT2D eigenvalue weighted by molar-refractivity contribution is 6.31. The number of hydrogen-bond acceptors (Lipinski definition) is 4. The molecule has 1 aliphatic heterocycles. The molecule has 2 aromatic carbocycles. The van der Waals surface area contributed by atoms with Crippen LogP contribution >= 0.6 is 11.6 Å². The number of para-hydroxylation sites is 1. The molecule has 162 valence electrons. The number of nitrogens with one attached hydrogen (secondary N) is 1. The van der Waals surface area contributed by atoms with Crippen molar-refractivity contribution in [3.8, 4) is 0 Å². The molecule has 1 saturated heterocycles. The fourth-order valence-electron chi connectivity index (χ4n) is 4.36. The summed E-state index contributed by atoms with van der Waals surface area (Å²) >= 11 is 6.23. The van der Waals surface area contributed by atoms with Crippen molar-refractivity contribution in [1.29, 1.82) is 0 Å². The number of amides is 1. The number of likely N-dealkylation sites (N-methyl/N-ethyl adjacent to an activating group) is 1. The molecule has 1 N–H and O–H groups in total. The summed E-state index contributed by atoms with van der Waals surface area (Å²) in [5, 5.41) is 13.2. The van der Waals surface area contributed by atoms with Crippen molar-refractivity contribution in [2.75, 3.05) is 32.7 Å². The highest BCUT2D eigenvalue weighted by atomic mass is 35.5. The predicted molar refractivity (Wildman–Crippen MR) is 122 cm³/mol. The number of aromatic amines is 1. The molecule has 4 rings (SSSR count). The molecule has 1 fully saturated rings. The first-order valence-corrected chi connectivity index (χ1v) is 10.9. The largest absolute Gasteiger partial charge is 0.361 e. The zero-order valence-electron chi connectivity index (χ0n) is 17.4. The number of halogens is 1. The average Bonchev–Trinajstić information content (AvgIpc) is 3.20. The van der Waals surface area contributed by atoms with Crippen LogP contribution in [0.3, 0.4) is 0 Å². The Morgan fingerprint density at radius 1 is 1.16 bits per heavy atom. The maximum atomic E-state index is 13.3. The molecule has 8 heteroatoms. The maximum absolute atomic E-state index is 13.3. The quantitative estimate of drug-likeness (QED) is 0.454. The number of piperazine rings is 1. The number of hydrogen-bond donors (Lipinski definition) is 1. The lowest BCUT2D eigenvalue weighted by Gasteiger charge is -2.34. The zero-order valence-corrected chi connectivity index (χ0v) is 18.1. The highest BCUT2D eigenvalue weighted by Gasteiger charge is 2.30. The Morgan fingerprint density at radius 3 is 2.61 bits per heavy atom. The van der Waals surface area contributed by atoms with E-state index < -0.39 is 5.92 Å². The standard InChI is InChI=1S/C23H25ClN4O3/c1-2-26-9-11-27(12-10-26)23(29)14-18(17-5-3-4-6-22(17)28(30)31)20-15-25-21-8-7-16(24)13-19(20)21/h3-8,13,15,18,25H,2,9-12,14H2,1H3. The second kappa shape index (κ2) is 9.08. The first-order valence-electron chi connectivity index (χ1n) is 10.5. The van der Waals surface area contributed by atoms with Crippen LogP contribution in [0.2, 0.25) is 5.02 Å². The SMILES string of the molecule is CCN1CCN(C(=O)CC(c2ccccc2[N+](=O)[O-])c2c[nH]c3ccc(Cl)cc23)CC1. The summed E-state index contributed by atoms with van der Waals surface area (Å²) in [7, 11) is 0. The molecule has 31 heavy (non-hydrogen) atoms. The first-order chi connectivity index (χ1) is 15.0. The molecule has 2 heterocycles. The van der Waals surface area contributed by atoms with Crippen LogP contribution in [0.5, 0.6) is 0 Å². The van der Waals surface area contributed by atoms with E-state index in [0.29, 0.717) is 23.7 Å². The molecule has 3 aromatic rings. The Kier molecular flexibility index (Phi) is 6.25. The zero-order chi connectivity index (χ0) is 22.0. The van der Waals surface area contributed by atoms with Gasteiger partial charge in [0.2, 0.25) is 5.91 Å². The summed E-state index contributed by atoms with van der Waals surface area (Å²) < 4.78 is 0. The van der Waals surface area contributed by atoms with E-state index in [1.54, 1.807) is 24.3 Å². The van der Waals surface area contributed by atoms with Gasteiger partial charge in [0.15, 0.2) is 0 Å². The number of nitrogens with zero attached hydrogens (tertiary/aromatic N) is 3. The van der Waals surface area contributed by atoms with Crippen molar-refractivity contribution in [2.45, 2.75) is 19.3 Å². The summed E-state index contributed by atoms with van der Waals surface area (Å²) in [4.78, 5) is 32.0. The molecule has 1 unspecified atom stereocenters. The minimum atomic E-state index is -0.453. The number of nitro groups is 1. The molecule has 0 aliphatic carbocycles. The number of H-pyrrole nitrogens is 1. The summed E-state index contributed by atoms with van der Waals surface area (Å²) in [5.41, 5.74) is 2.28. The van der Waals surface area contributed by atoms with Crippen molar-refractivity contribution < 1.29 is 9.72 Å². The number of benzene rings is 2. The van der Waals surface area contributed by atoms with Crippen LogP contribution in [0, 0.1) is 10.1 Å². The van der Waals surface area contributed by atoms with Gasteiger partial charge in [0.25, 0.3) is 5.69 Å². The number of fused-ring (bicyclic) bond motifs is 1. The van der Waals surface area contributed by atoms with E-state index in [1.165, 1.54) is 6.07 Å². The molecular formula is C23H25ClN4O3. The van der Waals surface area contributed by atoms with Gasteiger partial charge in [-0.15, -0.1) is 0 Å². The van der Waals surface area contributed by atoms with Crippen LogP contribution < -0.4 is 0 Å². The van der Waals surface area contributed by atoms with Gasteiger partial charge in [-0.3, -0.25) is 14.9 Å². The van der Waals surface area contributed by atoms with E-state index in [0.717, 1.165) is 36.1 Å². The number of carbonyl (C=O) groups excluding carboxylic acids is 1. The topological polar surface area (TPSA) is 82.5 Å². The summed E-state index contributed by atoms with van der Waals surface area (Å²) in [5.74, 6) is -0.444. The summed E-state index contributed by atoms with van der Waals surface area (Å²) in [6.07, 6.45) is 2.00. The number of rotatable bonds is 6. The van der Waals surface area contributed by atoms with Gasteiger partial charge in [-0.2, -0.15) is 0 Å². The van der Waals surface area contributed by atoms with Crippen LogP contribution in [0.25, 0.3) is 10.9 Å². The van der Waals surface area contributed by atoms with Crippen molar-refractivity contribution in [3.63, 3.8) is 0 Å². The molecule has 0 radical (unpaired) electrons. The van der Waals surface area contributed by atoms with Crippen LogP contribution in [0.4, 0.5) is 5.69 Å². The first kappa shape index (κ1) is 21.3. The Bertz CT molecular complexity index is 1110. The van der Waals surface area contributed by atoms with E-state index >= 15 is 0 Å². The second-order valence-electron chi connectivity index (χ2n) is 7.82. The molecule has 1 aromatic heterocycles. The molecular weight excluding hydrogens is 416 g/mol. The molecule has 1 amide bonds. The van der Waals surface area contributed by atoms with E-state index in [-0.39, 0.29) is 22.9 Å². The summed E-state index contributed by atoms with van der Waals surface area (Å²) in [6.45, 7) is 6.13. The smallest absolute Gasteiger partial charge is 0.273 e. The molecule has 7 nitrogen and oxygen atoms in total. The minimum Gasteiger partial charge on any atom is -0.361 e. The monoisotopic (exact) mass is 440 g/mol. The fraction of sp³-hybridized carbons (Fsp3) is 0.348. The van der Waals surface area contributed by atoms with Crippen molar-refractivity contribution in [1.82, 2.24) is 14.8 Å². The normalized spacial score (nSPS) is 15.9. The van der Waals surface area contributed by atoms with Gasteiger partial charge in [0.1, 0.15) is 0 Å². The Balaban J connectivity index is 1.72. The van der Waals surface area contributed by atoms with Gasteiger partial charge >= 0.3 is 0 Å². The van der Waals surface area contributed by atoms with Crippen molar-refractivity contribution in [2.24, 2.45) is 0 Å². The van der Waals surface area contributed by atoms with E-state index in [2.05, 4.69) is 16.8 Å². The van der Waals surface area contributed by atoms with Crippen molar-refractivity contribution in [3.05, 3.63) is 74.9 Å². The lowest BCUT2D eigenvalue weighted by Crippen LogP contribution is -2.48. The minimum absolute atomic E-state index is 0.00952. The third-order valence-corrected chi connectivity index (χ3v) is 6.35. The summed E-state index contributed by atoms with van der Waals surface area (Å²) in [6, 6.07) is 12.2. The van der Waals surface area contributed by atoms with E-state index in [9.17, 15) is 14.9 Å². The Labute approximate surface area is 185 Å². The Morgan fingerprint density at radius 2 is 1.90 bits per heavy atom. The predicted octanol–water partition coefficient (Wildman–Crippen LogP) is 4.42. The molecule has 0 spiro atoms. The lowest BCUT2D eigenvalue weighted by atomic mass is 9.86. The maximum Gasteiger partial charge on any atom is 0.273 e. The molecule has 0 bridgehead atoms. The third-order valence-electron chi connectivity index (χ3n) is 6.11. The van der Waals surface area contributed by atoms with Gasteiger partial charge in [0, 0.05) is 72.3 Å². The lowest BCUT2D eigenvalue weighted by molar-refractivity contribution is -0.385. The van der Waals surface area contributed by atoms with Gasteiger partial charge < -0.3 is 14.8 Å². The highest BCUT2D eigenvalue weighted by Crippen LogP contribution is 2.38. The van der Waals surface area contributed by atoms with Gasteiger partial charge in [-0.25, -0.2) is 0 Å². The molecule has 1 atom stereocenters. The Hall–Kier alpha value is -2.90. The van der Waals surface area contributed by atoms with Crippen LogP contribution in [-0.4, -0.2) is 58.3 Å². The molecule has 1 aliphatic rings. The average molecular weight is 441 g/mol. The van der Waals surface area contributed by atoms with Gasteiger partial charge in [0.05, 0.1) is 4.92 Å². The van der Waals surface area contributed by atoms with Crippen LogP contribution in [0.1, 0.15) is 30.4 Å².